The van der Waals surface area contributed by atoms with Crippen LogP contribution in [0.2, 0.25) is 0 Å². The minimum atomic E-state index is -1.07. The Morgan fingerprint density at radius 1 is 1.14 bits per heavy atom. The van der Waals surface area contributed by atoms with Crippen LogP contribution in [0.1, 0.15) is 31.7 Å². The number of ether oxygens (including phenoxy) is 1. The van der Waals surface area contributed by atoms with E-state index < -0.39 is 16.5 Å². The summed E-state index contributed by atoms with van der Waals surface area (Å²) in [5.41, 5.74) is -0.395. The van der Waals surface area contributed by atoms with E-state index in [4.69, 9.17) is 4.74 Å². The highest BCUT2D eigenvalue weighted by Gasteiger charge is 2.51. The fraction of sp³-hybridized carbons (Fsp3) is 0.333. The molecule has 1 unspecified atom stereocenters. The first-order valence-electron chi connectivity index (χ1n) is 9.55. The lowest BCUT2D eigenvalue weighted by atomic mass is 9.85. The van der Waals surface area contributed by atoms with Crippen LogP contribution in [0.4, 0.5) is 10.5 Å². The maximum Gasteiger partial charge on any atom is 0.325 e. The summed E-state index contributed by atoms with van der Waals surface area (Å²) in [6, 6.07) is 14.6. The van der Waals surface area contributed by atoms with Gasteiger partial charge >= 0.3 is 6.03 Å². The third-order valence-electron chi connectivity index (χ3n) is 4.96. The predicted octanol–water partition coefficient (Wildman–Crippen LogP) is 3.61. The number of urea groups is 1. The van der Waals surface area contributed by atoms with Crippen molar-refractivity contribution in [1.82, 2.24) is 10.2 Å². The number of nitro groups is 1. The number of non-ortho nitro benzene ring substituents is 1. The Morgan fingerprint density at radius 2 is 1.90 bits per heavy atom. The first-order chi connectivity index (χ1) is 14.0. The van der Waals surface area contributed by atoms with Crippen LogP contribution in [-0.2, 0) is 10.3 Å². The van der Waals surface area contributed by atoms with Crippen molar-refractivity contribution in [2.24, 2.45) is 0 Å². The van der Waals surface area contributed by atoms with Crippen LogP contribution in [0.5, 0.6) is 5.75 Å². The highest BCUT2D eigenvalue weighted by Crippen LogP contribution is 2.34. The molecule has 1 atom stereocenters. The molecule has 0 aliphatic carbocycles. The molecular formula is C21H23N3O5. The van der Waals surface area contributed by atoms with E-state index in [2.05, 4.69) is 5.32 Å². The van der Waals surface area contributed by atoms with E-state index >= 15 is 0 Å². The zero-order valence-electron chi connectivity index (χ0n) is 16.2. The molecule has 1 heterocycles. The van der Waals surface area contributed by atoms with Crippen molar-refractivity contribution >= 4 is 17.6 Å². The summed E-state index contributed by atoms with van der Waals surface area (Å²) in [6.45, 7) is 2.12. The van der Waals surface area contributed by atoms with E-state index in [1.165, 1.54) is 18.2 Å². The molecule has 8 heteroatoms. The number of amides is 3. The second-order valence-corrected chi connectivity index (χ2v) is 6.86. The van der Waals surface area contributed by atoms with Crippen LogP contribution < -0.4 is 10.1 Å². The standard InChI is InChI=1S/C21H23N3O5/c1-2-3-12-21(16-8-5-4-6-9-16)19(25)23(20(26)22-21)13-14-29-18-11-7-10-17(15-18)24(27)28/h4-11,15H,2-3,12-14H2,1H3,(H,22,26). The normalized spacial score (nSPS) is 18.6. The van der Waals surface area contributed by atoms with Gasteiger partial charge in [0.25, 0.3) is 11.6 Å². The fourth-order valence-electron chi connectivity index (χ4n) is 3.44. The molecule has 0 saturated carbocycles. The summed E-state index contributed by atoms with van der Waals surface area (Å²) >= 11 is 0. The van der Waals surface area contributed by atoms with Gasteiger partial charge in [-0.1, -0.05) is 56.2 Å². The smallest absolute Gasteiger partial charge is 0.325 e. The van der Waals surface area contributed by atoms with Crippen LogP contribution in [0.15, 0.2) is 54.6 Å². The lowest BCUT2D eigenvalue weighted by Crippen LogP contribution is -2.44. The van der Waals surface area contributed by atoms with E-state index in [0.29, 0.717) is 12.2 Å². The number of benzene rings is 2. The van der Waals surface area contributed by atoms with Gasteiger partial charge in [0.15, 0.2) is 0 Å². The monoisotopic (exact) mass is 397 g/mol. The highest BCUT2D eigenvalue weighted by molar-refractivity contribution is 6.07. The number of carbonyl (C=O) groups is 2. The zero-order valence-corrected chi connectivity index (χ0v) is 16.2. The molecule has 8 nitrogen and oxygen atoms in total. The van der Waals surface area contributed by atoms with Crippen LogP contribution in [-0.4, -0.2) is 34.9 Å². The van der Waals surface area contributed by atoms with E-state index in [-0.39, 0.29) is 24.7 Å². The van der Waals surface area contributed by atoms with Gasteiger partial charge in [-0.2, -0.15) is 0 Å². The molecule has 0 spiro atoms. The molecule has 0 aromatic heterocycles. The van der Waals surface area contributed by atoms with E-state index in [1.807, 2.05) is 37.3 Å². The van der Waals surface area contributed by atoms with Crippen molar-refractivity contribution in [2.75, 3.05) is 13.2 Å². The summed E-state index contributed by atoms with van der Waals surface area (Å²) in [7, 11) is 0. The van der Waals surface area contributed by atoms with Crippen molar-refractivity contribution in [3.63, 3.8) is 0 Å². The van der Waals surface area contributed by atoms with Gasteiger partial charge in [0.05, 0.1) is 17.5 Å². The van der Waals surface area contributed by atoms with Gasteiger partial charge in [-0.05, 0) is 18.1 Å². The van der Waals surface area contributed by atoms with Crippen molar-refractivity contribution in [3.8, 4) is 5.75 Å². The number of hydrogen-bond acceptors (Lipinski definition) is 5. The van der Waals surface area contributed by atoms with Gasteiger partial charge < -0.3 is 10.1 Å². The average molecular weight is 397 g/mol. The quantitative estimate of drug-likeness (QED) is 0.396. The molecule has 2 aromatic carbocycles. The second-order valence-electron chi connectivity index (χ2n) is 6.86. The number of unbranched alkanes of at least 4 members (excludes halogenated alkanes) is 1. The molecule has 2 aromatic rings. The Morgan fingerprint density at radius 3 is 2.59 bits per heavy atom. The van der Waals surface area contributed by atoms with E-state index in [9.17, 15) is 19.7 Å². The minimum absolute atomic E-state index is 0.0406. The molecule has 152 valence electrons. The lowest BCUT2D eigenvalue weighted by Gasteiger charge is -2.27. The molecule has 3 amide bonds. The van der Waals surface area contributed by atoms with Crippen molar-refractivity contribution < 1.29 is 19.2 Å². The van der Waals surface area contributed by atoms with Gasteiger partial charge in [-0.15, -0.1) is 0 Å². The Hall–Kier alpha value is -3.42. The van der Waals surface area contributed by atoms with Gasteiger partial charge in [0.2, 0.25) is 0 Å². The zero-order chi connectivity index (χ0) is 20.9. The number of imide groups is 1. The summed E-state index contributed by atoms with van der Waals surface area (Å²) < 4.78 is 5.53. The number of rotatable bonds is 9. The molecule has 0 bridgehead atoms. The largest absolute Gasteiger partial charge is 0.491 e. The number of nitrogens with zero attached hydrogens (tertiary/aromatic N) is 2. The third kappa shape index (κ3) is 4.21. The van der Waals surface area contributed by atoms with Crippen LogP contribution in [0.3, 0.4) is 0 Å². The number of carbonyl (C=O) groups excluding carboxylic acids is 2. The SMILES string of the molecule is CCCCC1(c2ccccc2)NC(=O)N(CCOc2cccc([N+](=O)[O-])c2)C1=O. The van der Waals surface area contributed by atoms with E-state index in [1.54, 1.807) is 6.07 Å². The number of nitro benzene ring substituents is 1. The van der Waals surface area contributed by atoms with Gasteiger partial charge in [0.1, 0.15) is 17.9 Å². The van der Waals surface area contributed by atoms with E-state index in [0.717, 1.165) is 23.3 Å². The van der Waals surface area contributed by atoms with Crippen LogP contribution in [0.25, 0.3) is 0 Å². The number of hydrogen-bond donors (Lipinski definition) is 1. The Bertz CT molecular complexity index is 902. The van der Waals surface area contributed by atoms with Crippen molar-refractivity contribution in [1.29, 1.82) is 0 Å². The summed E-state index contributed by atoms with van der Waals surface area (Å²) in [6.07, 6.45) is 2.20. The Balaban J connectivity index is 1.72. The molecule has 1 N–H and O–H groups in total. The average Bonchev–Trinajstić information content (AvgIpc) is 2.98. The molecule has 29 heavy (non-hydrogen) atoms. The molecular weight excluding hydrogens is 374 g/mol. The molecule has 1 saturated heterocycles. The highest BCUT2D eigenvalue weighted by atomic mass is 16.6. The van der Waals surface area contributed by atoms with Crippen molar-refractivity contribution in [2.45, 2.75) is 31.7 Å². The first-order valence-corrected chi connectivity index (χ1v) is 9.55. The third-order valence-corrected chi connectivity index (χ3v) is 4.96. The van der Waals surface area contributed by atoms with Gasteiger partial charge in [-0.3, -0.25) is 19.8 Å². The van der Waals surface area contributed by atoms with Gasteiger partial charge in [-0.25, -0.2) is 4.79 Å². The van der Waals surface area contributed by atoms with Crippen molar-refractivity contribution in [3.05, 3.63) is 70.3 Å². The summed E-state index contributed by atoms with van der Waals surface area (Å²) in [4.78, 5) is 37.3. The second kappa shape index (κ2) is 8.72. The molecule has 1 aliphatic heterocycles. The summed E-state index contributed by atoms with van der Waals surface area (Å²) in [5.74, 6) is 0.0105. The maximum absolute atomic E-state index is 13.2. The fourth-order valence-corrected chi connectivity index (χ4v) is 3.44. The van der Waals surface area contributed by atoms with Gasteiger partial charge in [0, 0.05) is 6.07 Å². The summed E-state index contributed by atoms with van der Waals surface area (Å²) in [5, 5.41) is 13.7. The van der Waals surface area contributed by atoms with Crippen LogP contribution in [0, 0.1) is 10.1 Å². The minimum Gasteiger partial charge on any atom is -0.491 e. The molecule has 0 radical (unpaired) electrons. The molecule has 3 rings (SSSR count). The maximum atomic E-state index is 13.2. The lowest BCUT2D eigenvalue weighted by molar-refractivity contribution is -0.384. The molecule has 1 aliphatic rings. The predicted molar refractivity (Wildman–Crippen MR) is 106 cm³/mol. The Kier molecular flexibility index (Phi) is 6.11. The number of nitrogens with one attached hydrogen (secondary N) is 1. The molecule has 1 fully saturated rings. The van der Waals surface area contributed by atoms with Crippen LogP contribution >= 0.6 is 0 Å². The first kappa shape index (κ1) is 20.3. The topological polar surface area (TPSA) is 102 Å². The Labute approximate surface area is 168 Å².